The number of aromatic carboxylic acids is 1. The van der Waals surface area contributed by atoms with Crippen molar-refractivity contribution in [2.75, 3.05) is 12.0 Å². The summed E-state index contributed by atoms with van der Waals surface area (Å²) in [4.78, 5) is 51.8. The van der Waals surface area contributed by atoms with Gasteiger partial charge in [-0.25, -0.2) is 14.5 Å². The second kappa shape index (κ2) is 7.13. The van der Waals surface area contributed by atoms with Crippen LogP contribution in [0.1, 0.15) is 21.8 Å². The lowest BCUT2D eigenvalue weighted by molar-refractivity contribution is -0.132. The van der Waals surface area contributed by atoms with Gasteiger partial charge < -0.3 is 20.3 Å². The van der Waals surface area contributed by atoms with Gasteiger partial charge in [0.25, 0.3) is 0 Å². The van der Waals surface area contributed by atoms with Crippen LogP contribution in [0, 0.1) is 5.92 Å². The number of carboxylic acids is 1. The van der Waals surface area contributed by atoms with Gasteiger partial charge in [0.2, 0.25) is 11.8 Å². The fourth-order valence-corrected chi connectivity index (χ4v) is 5.66. The number of esters is 1. The first-order valence-electron chi connectivity index (χ1n) is 9.60. The number of hydrogen-bond acceptors (Lipinski definition) is 8. The van der Waals surface area contributed by atoms with E-state index in [1.807, 2.05) is 0 Å². The Morgan fingerprint density at radius 3 is 2.50 bits per heavy atom. The smallest absolute Gasteiger partial charge is 0.342 e. The molecule has 2 aromatic rings. The van der Waals surface area contributed by atoms with Gasteiger partial charge in [0.1, 0.15) is 5.25 Å². The Kier molecular flexibility index (Phi) is 4.48. The number of nitrogens with zero attached hydrogens (tertiary/aromatic N) is 1. The van der Waals surface area contributed by atoms with E-state index in [0.29, 0.717) is 11.3 Å². The molecule has 0 aliphatic carbocycles. The number of rotatable bonds is 3. The van der Waals surface area contributed by atoms with Gasteiger partial charge in [0.05, 0.1) is 34.9 Å². The van der Waals surface area contributed by atoms with Crippen LogP contribution in [-0.2, 0) is 14.4 Å². The molecule has 162 valence electrons. The first-order chi connectivity index (χ1) is 15.3. The van der Waals surface area contributed by atoms with E-state index >= 15 is 0 Å². The van der Waals surface area contributed by atoms with Gasteiger partial charge in [-0.2, -0.15) is 0 Å². The Morgan fingerprint density at radius 1 is 1.12 bits per heavy atom. The summed E-state index contributed by atoms with van der Waals surface area (Å²) in [6.45, 7) is 0. The average molecular weight is 452 g/mol. The summed E-state index contributed by atoms with van der Waals surface area (Å²) in [7, 11) is 1.44. The Morgan fingerprint density at radius 2 is 1.84 bits per heavy atom. The Bertz CT molecular complexity index is 1240. The highest BCUT2D eigenvalue weighted by molar-refractivity contribution is 8.04. The highest BCUT2D eigenvalue weighted by atomic mass is 32.2. The number of imide groups is 1. The van der Waals surface area contributed by atoms with Crippen LogP contribution in [0.3, 0.4) is 0 Å². The minimum atomic E-state index is -1.12. The van der Waals surface area contributed by atoms with Crippen LogP contribution in [0.4, 0.5) is 5.69 Å². The third-order valence-electron chi connectivity index (χ3n) is 5.84. The van der Waals surface area contributed by atoms with Crippen LogP contribution < -0.4 is 20.1 Å². The number of carbonyl (C=O) groups excluding carboxylic acids is 3. The predicted octanol–water partition coefficient (Wildman–Crippen LogP) is 1.87. The maximum absolute atomic E-state index is 13.5. The van der Waals surface area contributed by atoms with E-state index in [1.165, 1.54) is 31.4 Å². The topological polar surface area (TPSA) is 136 Å². The molecule has 1 saturated heterocycles. The van der Waals surface area contributed by atoms with Gasteiger partial charge in [-0.05, 0) is 30.3 Å². The minimum absolute atomic E-state index is 0.0314. The van der Waals surface area contributed by atoms with E-state index in [4.69, 9.17) is 20.3 Å². The quantitative estimate of drug-likeness (QED) is 0.406. The van der Waals surface area contributed by atoms with E-state index in [1.54, 1.807) is 18.2 Å². The summed E-state index contributed by atoms with van der Waals surface area (Å²) < 4.78 is 10.8. The third kappa shape index (κ3) is 2.72. The fourth-order valence-electron chi connectivity index (χ4n) is 4.42. The zero-order valence-corrected chi connectivity index (χ0v) is 17.4. The second-order valence-corrected chi connectivity index (χ2v) is 8.64. The van der Waals surface area contributed by atoms with Gasteiger partial charge in [0, 0.05) is 11.5 Å². The van der Waals surface area contributed by atoms with Gasteiger partial charge in [-0.3, -0.25) is 9.59 Å². The molecule has 0 saturated carbocycles. The Labute approximate surface area is 185 Å². The molecule has 1 fully saturated rings. The van der Waals surface area contributed by atoms with Gasteiger partial charge in [-0.1, -0.05) is 23.9 Å². The molecule has 3 heterocycles. The third-order valence-corrected chi connectivity index (χ3v) is 7.06. The number of fused-ring (bicyclic) bond motifs is 5. The molecule has 3 N–H and O–H groups in total. The van der Waals surface area contributed by atoms with Crippen molar-refractivity contribution in [3.05, 3.63) is 64.2 Å². The number of methoxy groups -OCH3 is 1. The number of hydrogen-bond donors (Lipinski definition) is 2. The van der Waals surface area contributed by atoms with Crippen LogP contribution in [0.25, 0.3) is 0 Å². The highest BCUT2D eigenvalue weighted by Gasteiger charge is 2.58. The molecule has 0 radical (unpaired) electrons. The van der Waals surface area contributed by atoms with Crippen molar-refractivity contribution >= 4 is 41.2 Å². The van der Waals surface area contributed by atoms with Crippen molar-refractivity contribution in [3.63, 3.8) is 0 Å². The van der Waals surface area contributed by atoms with Crippen molar-refractivity contribution in [3.8, 4) is 11.5 Å². The second-order valence-electron chi connectivity index (χ2n) is 7.45. The van der Waals surface area contributed by atoms with E-state index in [9.17, 15) is 19.2 Å². The number of nitrogens with two attached hydrogens (primary N) is 1. The number of para-hydroxylation sites is 1. The van der Waals surface area contributed by atoms with E-state index in [2.05, 4.69) is 0 Å². The molecule has 0 spiro atoms. The molecule has 3 aliphatic rings. The molecule has 5 rings (SSSR count). The lowest BCUT2D eigenvalue weighted by Crippen LogP contribution is -2.39. The maximum Gasteiger partial charge on any atom is 0.342 e. The van der Waals surface area contributed by atoms with Gasteiger partial charge in [-0.15, -0.1) is 0 Å². The summed E-state index contributed by atoms with van der Waals surface area (Å²) in [5, 5.41) is 8.41. The maximum atomic E-state index is 13.5. The van der Waals surface area contributed by atoms with Crippen LogP contribution in [0.5, 0.6) is 11.5 Å². The molecular formula is C22H16N2O7S. The lowest BCUT2D eigenvalue weighted by Gasteiger charge is -2.36. The summed E-state index contributed by atoms with van der Waals surface area (Å²) in [5.41, 5.74) is 7.15. The van der Waals surface area contributed by atoms with Crippen molar-refractivity contribution in [1.82, 2.24) is 0 Å². The number of anilines is 1. The lowest BCUT2D eigenvalue weighted by atomic mass is 9.77. The molecule has 9 nitrogen and oxygen atoms in total. The first-order valence-corrected chi connectivity index (χ1v) is 10.5. The number of thioether (sulfide) groups is 1. The molecule has 10 heteroatoms. The van der Waals surface area contributed by atoms with Crippen molar-refractivity contribution in [2.45, 2.75) is 11.2 Å². The van der Waals surface area contributed by atoms with E-state index in [0.717, 1.165) is 16.7 Å². The Hall–Kier alpha value is -3.79. The number of benzene rings is 2. The summed E-state index contributed by atoms with van der Waals surface area (Å²) in [5.74, 6) is -3.88. The fraction of sp³-hybridized carbons (Fsp3) is 0.182. The van der Waals surface area contributed by atoms with Gasteiger partial charge >= 0.3 is 11.9 Å². The highest BCUT2D eigenvalue weighted by Crippen LogP contribution is 2.55. The molecular weight excluding hydrogens is 436 g/mol. The largest absolute Gasteiger partial charge is 0.493 e. The molecule has 3 atom stereocenters. The zero-order valence-electron chi connectivity index (χ0n) is 16.6. The molecule has 3 aliphatic heterocycles. The first kappa shape index (κ1) is 20.1. The zero-order chi connectivity index (χ0) is 22.7. The predicted molar refractivity (Wildman–Crippen MR) is 113 cm³/mol. The van der Waals surface area contributed by atoms with Crippen molar-refractivity contribution < 1.29 is 33.8 Å². The van der Waals surface area contributed by atoms with Gasteiger partial charge in [0.15, 0.2) is 11.5 Å². The SMILES string of the molecule is COc1cccc2c1OC(=O)C1=C(N)S[C@@H]3C(=O)N(c4ccc(C(=O)O)cc4)C(=O)[C@H]3[C@@H]12. The normalized spacial score (nSPS) is 24.0. The van der Waals surface area contributed by atoms with Crippen molar-refractivity contribution in [2.24, 2.45) is 11.7 Å². The molecule has 0 bridgehead atoms. The number of ether oxygens (including phenoxy) is 2. The van der Waals surface area contributed by atoms with Crippen LogP contribution >= 0.6 is 11.8 Å². The summed E-state index contributed by atoms with van der Waals surface area (Å²) in [6, 6.07) is 10.5. The molecule has 2 aromatic carbocycles. The monoisotopic (exact) mass is 452 g/mol. The van der Waals surface area contributed by atoms with E-state index < -0.39 is 40.8 Å². The summed E-state index contributed by atoms with van der Waals surface area (Å²) in [6.07, 6.45) is 0. The molecule has 0 unspecified atom stereocenters. The number of carboxylic acid groups (broad SMARTS) is 1. The standard InChI is InChI=1S/C22H16N2O7S/c1-30-12-4-2-3-11-13-14-17(32-18(23)15(13)22(29)31-16(11)12)20(26)24(19(14)25)10-7-5-9(6-8-10)21(27)28/h2-8,13-14,17H,23H2,1H3,(H,27,28)/t13-,14-,17-/m0/s1. The molecule has 0 aromatic heterocycles. The minimum Gasteiger partial charge on any atom is -0.493 e. The van der Waals surface area contributed by atoms with Crippen LogP contribution in [-0.4, -0.2) is 41.2 Å². The number of amides is 2. The molecule has 32 heavy (non-hydrogen) atoms. The van der Waals surface area contributed by atoms with Crippen LogP contribution in [0.15, 0.2) is 53.1 Å². The average Bonchev–Trinajstić information content (AvgIpc) is 3.02. The Balaban J connectivity index is 1.62. The van der Waals surface area contributed by atoms with Crippen LogP contribution in [0.2, 0.25) is 0 Å². The molecule has 2 amide bonds. The van der Waals surface area contributed by atoms with E-state index in [-0.39, 0.29) is 27.6 Å². The van der Waals surface area contributed by atoms with Crippen molar-refractivity contribution in [1.29, 1.82) is 0 Å². The summed E-state index contributed by atoms with van der Waals surface area (Å²) >= 11 is 0.968. The number of carbonyl (C=O) groups is 4.